The van der Waals surface area contributed by atoms with Gasteiger partial charge in [0.25, 0.3) is 0 Å². The van der Waals surface area contributed by atoms with Gasteiger partial charge in [-0.3, -0.25) is 0 Å². The van der Waals surface area contributed by atoms with E-state index in [-0.39, 0.29) is 0 Å². The molecule has 0 aromatic carbocycles. The maximum Gasteiger partial charge on any atom is 0.165 e. The van der Waals surface area contributed by atoms with Crippen LogP contribution >= 0.6 is 0 Å². The molecule has 2 aromatic heterocycles. The zero-order valence-corrected chi connectivity index (χ0v) is 12.0. The first-order chi connectivity index (χ1) is 9.90. The number of fused-ring (bicyclic) bond motifs is 1. The maximum atomic E-state index is 5.12. The maximum absolute atomic E-state index is 5.12. The van der Waals surface area contributed by atoms with Crippen LogP contribution in [0.1, 0.15) is 25.7 Å². The second-order valence-corrected chi connectivity index (χ2v) is 5.20. The van der Waals surface area contributed by atoms with Gasteiger partial charge in [0.1, 0.15) is 6.33 Å². The largest absolute Gasteiger partial charge is 0.383 e. The lowest BCUT2D eigenvalue weighted by Gasteiger charge is -2.21. The average molecular weight is 275 g/mol. The molecule has 0 unspecified atom stereocenters. The van der Waals surface area contributed by atoms with Crippen LogP contribution in [0.3, 0.4) is 0 Å². The molecule has 1 saturated heterocycles. The molecule has 6 heteroatoms. The Morgan fingerprint density at radius 3 is 2.65 bits per heavy atom. The smallest absolute Gasteiger partial charge is 0.165 e. The molecule has 0 radical (unpaired) electrons. The summed E-state index contributed by atoms with van der Waals surface area (Å²) >= 11 is 0. The molecular weight excluding hydrogens is 254 g/mol. The molecule has 108 valence electrons. The molecule has 0 N–H and O–H groups in total. The summed E-state index contributed by atoms with van der Waals surface area (Å²) in [7, 11) is 1.71. The highest BCUT2D eigenvalue weighted by Gasteiger charge is 2.17. The lowest BCUT2D eigenvalue weighted by atomic mass is 10.2. The van der Waals surface area contributed by atoms with Crippen LogP contribution in [0.4, 0.5) is 5.82 Å². The first-order valence-corrected chi connectivity index (χ1v) is 7.30. The van der Waals surface area contributed by atoms with Gasteiger partial charge < -0.3 is 14.2 Å². The second kappa shape index (κ2) is 6.17. The van der Waals surface area contributed by atoms with Crippen LogP contribution < -0.4 is 4.90 Å². The van der Waals surface area contributed by atoms with Gasteiger partial charge in [0, 0.05) is 26.7 Å². The summed E-state index contributed by atoms with van der Waals surface area (Å²) in [6.07, 6.45) is 8.57. The first-order valence-electron chi connectivity index (χ1n) is 7.30. The zero-order chi connectivity index (χ0) is 13.8. The first kappa shape index (κ1) is 13.3. The fraction of sp³-hybridized carbons (Fsp3) is 0.643. The third kappa shape index (κ3) is 2.60. The predicted octanol–water partition coefficient (Wildman–Crippen LogP) is 1.85. The molecule has 3 heterocycles. The number of rotatable bonds is 4. The van der Waals surface area contributed by atoms with Crippen molar-refractivity contribution in [2.24, 2.45) is 0 Å². The summed E-state index contributed by atoms with van der Waals surface area (Å²) in [5.41, 5.74) is 1.81. The quantitative estimate of drug-likeness (QED) is 0.852. The molecule has 6 nitrogen and oxygen atoms in total. The Bertz CT molecular complexity index is 560. The lowest BCUT2D eigenvalue weighted by molar-refractivity contribution is 0.188. The van der Waals surface area contributed by atoms with Crippen LogP contribution in [0.5, 0.6) is 0 Å². The second-order valence-electron chi connectivity index (χ2n) is 5.20. The molecular formula is C14H21N5O. The number of hydrogen-bond donors (Lipinski definition) is 0. The van der Waals surface area contributed by atoms with E-state index >= 15 is 0 Å². The van der Waals surface area contributed by atoms with Gasteiger partial charge in [-0.25, -0.2) is 15.0 Å². The van der Waals surface area contributed by atoms with Crippen molar-refractivity contribution in [2.75, 3.05) is 31.7 Å². The van der Waals surface area contributed by atoms with Gasteiger partial charge in [-0.05, 0) is 12.8 Å². The highest BCUT2D eigenvalue weighted by atomic mass is 16.5. The summed E-state index contributed by atoms with van der Waals surface area (Å²) in [6, 6.07) is 0. The van der Waals surface area contributed by atoms with E-state index in [0.717, 1.165) is 36.6 Å². The van der Waals surface area contributed by atoms with Gasteiger partial charge in [0.2, 0.25) is 0 Å². The Balaban J connectivity index is 1.92. The van der Waals surface area contributed by atoms with E-state index in [2.05, 4.69) is 19.9 Å². The molecule has 0 aliphatic carbocycles. The zero-order valence-electron chi connectivity index (χ0n) is 12.0. The fourth-order valence-corrected chi connectivity index (χ4v) is 2.74. The fourth-order valence-electron chi connectivity index (χ4n) is 2.74. The van der Waals surface area contributed by atoms with Gasteiger partial charge in [0.15, 0.2) is 17.0 Å². The minimum atomic E-state index is 0.661. The van der Waals surface area contributed by atoms with Crippen molar-refractivity contribution in [3.63, 3.8) is 0 Å². The molecule has 3 rings (SSSR count). The van der Waals surface area contributed by atoms with Gasteiger partial charge in [-0.1, -0.05) is 12.8 Å². The molecule has 1 aliphatic heterocycles. The van der Waals surface area contributed by atoms with E-state index in [4.69, 9.17) is 4.74 Å². The number of hydrogen-bond acceptors (Lipinski definition) is 5. The third-order valence-electron chi connectivity index (χ3n) is 3.82. The summed E-state index contributed by atoms with van der Waals surface area (Å²) in [6.45, 7) is 3.56. The molecule has 1 aliphatic rings. The standard InChI is InChI=1S/C14H21N5O/c1-20-9-8-19-11-17-12-13(15-10-16-14(12)19)18-6-4-2-3-5-7-18/h10-11H,2-9H2,1H3. The molecule has 0 saturated carbocycles. The number of anilines is 1. The van der Waals surface area contributed by atoms with Crippen LogP contribution in [0.25, 0.3) is 11.2 Å². The molecule has 2 aromatic rings. The topological polar surface area (TPSA) is 56.1 Å². The normalized spacial score (nSPS) is 16.6. The Kier molecular flexibility index (Phi) is 4.11. The van der Waals surface area contributed by atoms with E-state index in [0.29, 0.717) is 6.61 Å². The minimum Gasteiger partial charge on any atom is -0.383 e. The predicted molar refractivity (Wildman–Crippen MR) is 77.9 cm³/mol. The van der Waals surface area contributed by atoms with Gasteiger partial charge in [0.05, 0.1) is 12.9 Å². The van der Waals surface area contributed by atoms with Gasteiger partial charge in [-0.15, -0.1) is 0 Å². The third-order valence-corrected chi connectivity index (χ3v) is 3.82. The highest BCUT2D eigenvalue weighted by molar-refractivity contribution is 5.83. The van der Waals surface area contributed by atoms with Crippen molar-refractivity contribution in [1.82, 2.24) is 19.5 Å². The van der Waals surface area contributed by atoms with E-state index in [9.17, 15) is 0 Å². The van der Waals surface area contributed by atoms with E-state index in [1.54, 1.807) is 13.4 Å². The van der Waals surface area contributed by atoms with E-state index in [1.807, 2.05) is 10.9 Å². The van der Waals surface area contributed by atoms with Gasteiger partial charge >= 0.3 is 0 Å². The highest BCUT2D eigenvalue weighted by Crippen LogP contribution is 2.24. The number of imidazole rings is 1. The molecule has 1 fully saturated rings. The SMILES string of the molecule is COCCn1cnc2c(N3CCCCCC3)ncnc21. The number of nitrogens with zero attached hydrogens (tertiary/aromatic N) is 5. The molecule has 0 atom stereocenters. The van der Waals surface area contributed by atoms with Crippen LogP contribution in [0.2, 0.25) is 0 Å². The monoisotopic (exact) mass is 275 g/mol. The van der Waals surface area contributed by atoms with Crippen molar-refractivity contribution in [3.05, 3.63) is 12.7 Å². The van der Waals surface area contributed by atoms with Crippen LogP contribution in [0, 0.1) is 0 Å². The molecule has 20 heavy (non-hydrogen) atoms. The molecule has 0 bridgehead atoms. The number of aromatic nitrogens is 4. The Morgan fingerprint density at radius 1 is 1.10 bits per heavy atom. The van der Waals surface area contributed by atoms with Crippen LogP contribution in [0.15, 0.2) is 12.7 Å². The van der Waals surface area contributed by atoms with Crippen molar-refractivity contribution < 1.29 is 4.74 Å². The molecule has 0 spiro atoms. The summed E-state index contributed by atoms with van der Waals surface area (Å²) in [5.74, 6) is 0.980. The number of methoxy groups -OCH3 is 1. The van der Waals surface area contributed by atoms with E-state index < -0.39 is 0 Å². The summed E-state index contributed by atoms with van der Waals surface area (Å²) in [5, 5.41) is 0. The Morgan fingerprint density at radius 2 is 1.90 bits per heavy atom. The van der Waals surface area contributed by atoms with Crippen LogP contribution in [-0.2, 0) is 11.3 Å². The summed E-state index contributed by atoms with van der Waals surface area (Å²) < 4.78 is 7.15. The van der Waals surface area contributed by atoms with Gasteiger partial charge in [-0.2, -0.15) is 0 Å². The average Bonchev–Trinajstić information content (AvgIpc) is 2.71. The van der Waals surface area contributed by atoms with Crippen molar-refractivity contribution >= 4 is 17.0 Å². The lowest BCUT2D eigenvalue weighted by Crippen LogP contribution is -2.25. The van der Waals surface area contributed by atoms with E-state index in [1.165, 1.54) is 25.7 Å². The number of ether oxygens (including phenoxy) is 1. The Labute approximate surface area is 118 Å². The Hall–Kier alpha value is -1.69. The van der Waals surface area contributed by atoms with Crippen molar-refractivity contribution in [3.8, 4) is 0 Å². The minimum absolute atomic E-state index is 0.661. The van der Waals surface area contributed by atoms with Crippen molar-refractivity contribution in [2.45, 2.75) is 32.2 Å². The summed E-state index contributed by atoms with van der Waals surface area (Å²) in [4.78, 5) is 15.7. The van der Waals surface area contributed by atoms with Crippen LogP contribution in [-0.4, -0.2) is 46.3 Å². The molecule has 0 amide bonds. The van der Waals surface area contributed by atoms with Crippen molar-refractivity contribution in [1.29, 1.82) is 0 Å².